The van der Waals surface area contributed by atoms with E-state index < -0.39 is 11.9 Å². The zero-order valence-electron chi connectivity index (χ0n) is 18.6. The predicted molar refractivity (Wildman–Crippen MR) is 136 cm³/mol. The minimum atomic E-state index is -1.03. The van der Waals surface area contributed by atoms with Gasteiger partial charge in [-0.2, -0.15) is 9.46 Å². The average molecular weight is 497 g/mol. The smallest absolute Gasteiger partial charge is 0.336 e. The molecule has 4 aromatic heterocycles. The highest BCUT2D eigenvalue weighted by Crippen LogP contribution is 1.94. The highest BCUT2D eigenvalue weighted by molar-refractivity contribution is 5.87. The summed E-state index contributed by atoms with van der Waals surface area (Å²) in [6, 6.07) is 12.9. The van der Waals surface area contributed by atoms with Crippen molar-refractivity contribution in [2.45, 2.75) is 28.7 Å². The number of aryl methyl sites for hydroxylation is 2. The second-order valence-electron chi connectivity index (χ2n) is 6.55. The topological polar surface area (TPSA) is 154 Å². The zero-order valence-corrected chi connectivity index (χ0v) is 18.6. The van der Waals surface area contributed by atoms with Crippen molar-refractivity contribution in [1.82, 2.24) is 9.97 Å². The number of aromatic nitrogens is 4. The molecule has 2 N–H and O–H groups in total. The lowest BCUT2D eigenvalue weighted by atomic mass is 10.3. The third-order valence-corrected chi connectivity index (χ3v) is 3.79. The zero-order chi connectivity index (χ0) is 25.3. The fourth-order valence-corrected chi connectivity index (χ4v) is 1.96. The standard InChI is InChI=1S/C6H5NO3.C6H5NO2.C6H7NO.C6H7N.2CH4/c8-6(9)5-1-3-7(10)4-2-5;8-6(9)5-1-3-7-4-2-5;1-6-2-4-7(8)5-3-6;1-6-2-4-7-5-3-6;;/h1-4H,(H,8,9);1-4H,(H,8,9);2-5H,1H3;2-5H,1H3;2*1H4. The summed E-state index contributed by atoms with van der Waals surface area (Å²) in [5, 5.41) is 37.4. The highest BCUT2D eigenvalue weighted by Gasteiger charge is 2.01. The largest absolute Gasteiger partial charge is 0.619 e. The molecule has 0 spiro atoms. The fraction of sp³-hybridized carbons (Fsp3) is 0.154. The third-order valence-electron chi connectivity index (χ3n) is 3.79. The Hall–Kier alpha value is -4.86. The lowest BCUT2D eigenvalue weighted by molar-refractivity contribution is -0.605. The van der Waals surface area contributed by atoms with E-state index in [4.69, 9.17) is 10.2 Å². The molecule has 0 aliphatic carbocycles. The molecule has 192 valence electrons. The number of carbonyl (C=O) groups is 2. The number of hydrogen-bond acceptors (Lipinski definition) is 6. The van der Waals surface area contributed by atoms with E-state index in [2.05, 4.69) is 9.97 Å². The summed E-state index contributed by atoms with van der Waals surface area (Å²) in [7, 11) is 0. The molecule has 0 aliphatic heterocycles. The van der Waals surface area contributed by atoms with Gasteiger partial charge in [-0.15, -0.1) is 0 Å². The molecule has 0 saturated carbocycles. The van der Waals surface area contributed by atoms with Gasteiger partial charge in [0.1, 0.15) is 0 Å². The Labute approximate surface area is 211 Å². The van der Waals surface area contributed by atoms with Crippen LogP contribution in [0, 0.1) is 24.3 Å². The molecule has 10 heteroatoms. The Morgan fingerprint density at radius 2 is 0.917 bits per heavy atom. The molecule has 0 bridgehead atoms. The van der Waals surface area contributed by atoms with Gasteiger partial charge >= 0.3 is 11.9 Å². The fourth-order valence-electron chi connectivity index (χ4n) is 1.96. The maximum absolute atomic E-state index is 10.4. The van der Waals surface area contributed by atoms with Crippen molar-refractivity contribution in [3.63, 3.8) is 0 Å². The van der Waals surface area contributed by atoms with E-state index in [9.17, 15) is 20.0 Å². The lowest BCUT2D eigenvalue weighted by Gasteiger charge is -1.93. The first-order valence-corrected chi connectivity index (χ1v) is 9.76. The average Bonchev–Trinajstić information content (AvgIpc) is 2.83. The van der Waals surface area contributed by atoms with Gasteiger partial charge < -0.3 is 20.6 Å². The van der Waals surface area contributed by atoms with Gasteiger partial charge in [0.05, 0.1) is 11.1 Å². The van der Waals surface area contributed by atoms with Crippen molar-refractivity contribution in [3.05, 3.63) is 131 Å². The van der Waals surface area contributed by atoms with E-state index in [-0.39, 0.29) is 26.0 Å². The molecule has 4 heterocycles. The third kappa shape index (κ3) is 15.1. The van der Waals surface area contributed by atoms with Crippen LogP contribution in [0.2, 0.25) is 0 Å². The molecule has 4 aromatic rings. The van der Waals surface area contributed by atoms with Crippen molar-refractivity contribution >= 4 is 11.9 Å². The second-order valence-corrected chi connectivity index (χ2v) is 6.55. The molecule has 0 aromatic carbocycles. The van der Waals surface area contributed by atoms with E-state index in [1.807, 2.05) is 26.0 Å². The Balaban J connectivity index is 0. The first-order valence-electron chi connectivity index (χ1n) is 9.76. The van der Waals surface area contributed by atoms with E-state index >= 15 is 0 Å². The van der Waals surface area contributed by atoms with Gasteiger partial charge in [0.2, 0.25) is 0 Å². The van der Waals surface area contributed by atoms with Crippen LogP contribution in [0.15, 0.2) is 98.1 Å². The van der Waals surface area contributed by atoms with E-state index in [1.165, 1.54) is 54.6 Å². The summed E-state index contributed by atoms with van der Waals surface area (Å²) in [4.78, 5) is 27.9. The Morgan fingerprint density at radius 1 is 0.611 bits per heavy atom. The van der Waals surface area contributed by atoms with E-state index in [1.54, 1.807) is 24.5 Å². The van der Waals surface area contributed by atoms with Gasteiger partial charge in [0, 0.05) is 49.1 Å². The molecule has 0 amide bonds. The van der Waals surface area contributed by atoms with Crippen molar-refractivity contribution in [2.24, 2.45) is 0 Å². The summed E-state index contributed by atoms with van der Waals surface area (Å²) in [6.07, 6.45) is 11.7. The molecule has 10 nitrogen and oxygen atoms in total. The molecule has 0 fully saturated rings. The minimum Gasteiger partial charge on any atom is -0.619 e. The van der Waals surface area contributed by atoms with E-state index in [0.717, 1.165) is 22.7 Å². The Kier molecular flexibility index (Phi) is 17.2. The van der Waals surface area contributed by atoms with Crippen LogP contribution in [0.5, 0.6) is 0 Å². The van der Waals surface area contributed by atoms with Crippen LogP contribution in [0.3, 0.4) is 0 Å². The number of carboxylic acid groups (broad SMARTS) is 2. The number of rotatable bonds is 2. The summed E-state index contributed by atoms with van der Waals surface area (Å²) >= 11 is 0. The van der Waals surface area contributed by atoms with Gasteiger partial charge in [-0.05, 0) is 49.2 Å². The van der Waals surface area contributed by atoms with Crippen molar-refractivity contribution in [2.75, 3.05) is 0 Å². The van der Waals surface area contributed by atoms with Crippen LogP contribution in [0.4, 0.5) is 0 Å². The maximum Gasteiger partial charge on any atom is 0.336 e. The van der Waals surface area contributed by atoms with Gasteiger partial charge in [-0.25, -0.2) is 9.59 Å². The summed E-state index contributed by atoms with van der Waals surface area (Å²) in [6.45, 7) is 3.99. The minimum absolute atomic E-state index is 0. The van der Waals surface area contributed by atoms with Gasteiger partial charge in [0.25, 0.3) is 0 Å². The van der Waals surface area contributed by atoms with Crippen LogP contribution >= 0.6 is 0 Å². The molecular formula is C26H32N4O6. The van der Waals surface area contributed by atoms with Crippen LogP contribution < -0.4 is 9.46 Å². The molecule has 4 rings (SSSR count). The summed E-state index contributed by atoms with van der Waals surface area (Å²) in [5.41, 5.74) is 2.75. The molecule has 36 heavy (non-hydrogen) atoms. The molecule has 0 radical (unpaired) electrons. The highest BCUT2D eigenvalue weighted by atomic mass is 16.5. The van der Waals surface area contributed by atoms with Crippen LogP contribution in [0.1, 0.15) is 46.7 Å². The van der Waals surface area contributed by atoms with Crippen LogP contribution in [0.25, 0.3) is 0 Å². The molecule has 0 saturated heterocycles. The molecular weight excluding hydrogens is 464 g/mol. The maximum atomic E-state index is 10.4. The van der Waals surface area contributed by atoms with Gasteiger partial charge in [-0.1, -0.05) is 14.9 Å². The second kappa shape index (κ2) is 18.6. The molecule has 0 unspecified atom stereocenters. The summed E-state index contributed by atoms with van der Waals surface area (Å²) in [5.74, 6) is -1.95. The van der Waals surface area contributed by atoms with Crippen LogP contribution in [-0.4, -0.2) is 32.1 Å². The first-order chi connectivity index (χ1) is 16.2. The summed E-state index contributed by atoms with van der Waals surface area (Å²) < 4.78 is 1.30. The van der Waals surface area contributed by atoms with Crippen molar-refractivity contribution in [3.8, 4) is 0 Å². The van der Waals surface area contributed by atoms with Crippen molar-refractivity contribution in [1.29, 1.82) is 0 Å². The number of pyridine rings is 4. The first kappa shape index (κ1) is 33.3. The predicted octanol–water partition coefficient (Wildman–Crippen LogP) is 4.09. The monoisotopic (exact) mass is 496 g/mol. The van der Waals surface area contributed by atoms with Gasteiger partial charge in [-0.3, -0.25) is 9.97 Å². The van der Waals surface area contributed by atoms with Gasteiger partial charge in [0.15, 0.2) is 24.8 Å². The lowest BCUT2D eigenvalue weighted by Crippen LogP contribution is -2.24. The molecule has 0 atom stereocenters. The Morgan fingerprint density at radius 3 is 1.19 bits per heavy atom. The molecule has 0 aliphatic rings. The van der Waals surface area contributed by atoms with E-state index in [0.29, 0.717) is 4.73 Å². The number of aromatic carboxylic acids is 2. The quantitative estimate of drug-likeness (QED) is 0.311. The number of hydrogen-bond donors (Lipinski definition) is 2. The normalized spacial score (nSPS) is 8.50. The SMILES string of the molecule is C.C.Cc1cc[n+]([O-])cc1.Cc1ccncc1.O=C(O)c1cc[n+]([O-])cc1.O=C(O)c1ccncc1. The Bertz CT molecular complexity index is 1100. The number of nitrogens with zero attached hydrogens (tertiary/aromatic N) is 4. The van der Waals surface area contributed by atoms with Crippen LogP contribution in [-0.2, 0) is 0 Å². The van der Waals surface area contributed by atoms with Crippen molar-refractivity contribution < 1.29 is 29.3 Å². The number of carboxylic acids is 2.